The summed E-state index contributed by atoms with van der Waals surface area (Å²) in [5, 5.41) is 9.78. The molecule has 0 radical (unpaired) electrons. The number of ether oxygens (including phenoxy) is 1. The summed E-state index contributed by atoms with van der Waals surface area (Å²) in [5.41, 5.74) is 1.78. The van der Waals surface area contributed by atoms with Crippen LogP contribution in [0.15, 0.2) is 53.4 Å². The van der Waals surface area contributed by atoms with Crippen LogP contribution in [0.3, 0.4) is 0 Å². The molecule has 0 aliphatic carbocycles. The van der Waals surface area contributed by atoms with Crippen molar-refractivity contribution in [1.29, 1.82) is 0 Å². The number of fused-ring (bicyclic) bond motifs is 1. The first kappa shape index (κ1) is 26.2. The molecule has 2 aromatic carbocycles. The van der Waals surface area contributed by atoms with Gasteiger partial charge in [0, 0.05) is 25.6 Å². The van der Waals surface area contributed by atoms with E-state index in [2.05, 4.69) is 0 Å². The Balaban J connectivity index is 2.06. The molecule has 1 aliphatic heterocycles. The van der Waals surface area contributed by atoms with E-state index in [4.69, 9.17) is 4.74 Å². The maximum Gasteiger partial charge on any atom is 0.247 e. The number of carbonyl (C=O) groups excluding carboxylic acids is 1. The first-order valence-electron chi connectivity index (χ1n) is 11.4. The van der Waals surface area contributed by atoms with Gasteiger partial charge < -0.3 is 19.6 Å². The first-order valence-corrected chi connectivity index (χ1v) is 12.9. The highest BCUT2D eigenvalue weighted by Gasteiger charge is 2.38. The van der Waals surface area contributed by atoms with Gasteiger partial charge in [-0.25, -0.2) is 8.42 Å². The molecule has 0 bridgehead atoms. The minimum absolute atomic E-state index is 0.0469. The molecule has 34 heavy (non-hydrogen) atoms. The van der Waals surface area contributed by atoms with E-state index in [1.54, 1.807) is 42.0 Å². The Kier molecular flexibility index (Phi) is 8.35. The van der Waals surface area contributed by atoms with Crippen molar-refractivity contribution in [2.75, 3.05) is 47.4 Å². The summed E-state index contributed by atoms with van der Waals surface area (Å²) in [6, 6.07) is 14.2. The van der Waals surface area contributed by atoms with Crippen LogP contribution in [0.25, 0.3) is 11.1 Å². The van der Waals surface area contributed by atoms with Gasteiger partial charge in [-0.2, -0.15) is 4.31 Å². The minimum atomic E-state index is -3.91. The predicted molar refractivity (Wildman–Crippen MR) is 132 cm³/mol. The molecule has 1 aliphatic rings. The van der Waals surface area contributed by atoms with Crippen molar-refractivity contribution in [2.24, 2.45) is 5.92 Å². The summed E-state index contributed by atoms with van der Waals surface area (Å²) >= 11 is 0. The summed E-state index contributed by atoms with van der Waals surface area (Å²) in [6.07, 6.45) is -0.440. The van der Waals surface area contributed by atoms with Crippen molar-refractivity contribution in [3.8, 4) is 16.9 Å². The lowest BCUT2D eigenvalue weighted by Crippen LogP contribution is -2.50. The Morgan fingerprint density at radius 2 is 1.82 bits per heavy atom. The third-order valence-electron chi connectivity index (χ3n) is 6.11. The molecule has 186 valence electrons. The first-order chi connectivity index (χ1) is 16.0. The molecule has 2 aromatic rings. The lowest BCUT2D eigenvalue weighted by molar-refractivity contribution is -0.132. The summed E-state index contributed by atoms with van der Waals surface area (Å²) < 4.78 is 34.9. The Bertz CT molecular complexity index is 1090. The number of likely N-dealkylation sites (N-methyl/N-ethyl adjacent to an activating group) is 2. The monoisotopic (exact) mass is 489 g/mol. The van der Waals surface area contributed by atoms with E-state index in [0.717, 1.165) is 11.1 Å². The highest BCUT2D eigenvalue weighted by Crippen LogP contribution is 2.36. The van der Waals surface area contributed by atoms with Crippen LogP contribution < -0.4 is 4.74 Å². The van der Waals surface area contributed by atoms with E-state index >= 15 is 0 Å². The van der Waals surface area contributed by atoms with E-state index in [1.807, 2.05) is 51.4 Å². The zero-order valence-electron chi connectivity index (χ0n) is 20.5. The number of nitrogens with zero attached hydrogens (tertiary/aromatic N) is 3. The lowest BCUT2D eigenvalue weighted by atomic mass is 10.0. The van der Waals surface area contributed by atoms with Gasteiger partial charge in [-0.05, 0) is 44.3 Å². The maximum absolute atomic E-state index is 13.6. The summed E-state index contributed by atoms with van der Waals surface area (Å²) in [7, 11) is 1.49. The Morgan fingerprint density at radius 3 is 2.44 bits per heavy atom. The molecule has 9 heteroatoms. The Hall–Kier alpha value is -2.46. The molecule has 0 aromatic heterocycles. The molecule has 8 nitrogen and oxygen atoms in total. The van der Waals surface area contributed by atoms with E-state index in [-0.39, 0.29) is 42.2 Å². The molecule has 0 saturated carbocycles. The second-order valence-electron chi connectivity index (χ2n) is 9.28. The van der Waals surface area contributed by atoms with Crippen LogP contribution in [-0.2, 0) is 14.8 Å². The number of benzene rings is 2. The van der Waals surface area contributed by atoms with Gasteiger partial charge in [0.2, 0.25) is 15.9 Å². The third kappa shape index (κ3) is 5.78. The fourth-order valence-corrected chi connectivity index (χ4v) is 5.84. The van der Waals surface area contributed by atoms with Gasteiger partial charge in [0.25, 0.3) is 0 Å². The van der Waals surface area contributed by atoms with Gasteiger partial charge in [0.1, 0.15) is 16.7 Å². The molecular formula is C25H35N3O5S. The van der Waals surface area contributed by atoms with E-state index in [0.29, 0.717) is 6.54 Å². The zero-order chi connectivity index (χ0) is 25.0. The lowest BCUT2D eigenvalue weighted by Gasteiger charge is -2.37. The molecule has 3 rings (SSSR count). The highest BCUT2D eigenvalue weighted by atomic mass is 32.2. The van der Waals surface area contributed by atoms with Crippen LogP contribution in [-0.4, -0.2) is 93.1 Å². The van der Waals surface area contributed by atoms with E-state index < -0.39 is 22.2 Å². The van der Waals surface area contributed by atoms with Crippen molar-refractivity contribution >= 4 is 15.9 Å². The molecule has 3 atom stereocenters. The molecule has 1 N–H and O–H groups in total. The number of sulfonamides is 1. The van der Waals surface area contributed by atoms with Gasteiger partial charge in [-0.1, -0.05) is 43.3 Å². The fraction of sp³-hybridized carbons (Fsp3) is 0.480. The normalized spacial score (nSPS) is 21.1. The SMILES string of the molecule is C[C@H](CO)N1C[C@H](C)[C@@H](CN(C)C(=O)CN(C)C)Oc2cc(-c3ccccc3)ccc2S1(=O)=O. The molecule has 1 heterocycles. The average Bonchev–Trinajstić information content (AvgIpc) is 2.80. The van der Waals surface area contributed by atoms with Gasteiger partial charge in [-0.3, -0.25) is 4.79 Å². The molecule has 0 spiro atoms. The van der Waals surface area contributed by atoms with Crippen LogP contribution in [0.1, 0.15) is 13.8 Å². The molecule has 0 fully saturated rings. The largest absolute Gasteiger partial charge is 0.487 e. The highest BCUT2D eigenvalue weighted by molar-refractivity contribution is 7.89. The summed E-state index contributed by atoms with van der Waals surface area (Å²) in [6.45, 7) is 4.05. The average molecular weight is 490 g/mol. The molecule has 1 amide bonds. The van der Waals surface area contributed by atoms with Crippen LogP contribution in [0.2, 0.25) is 0 Å². The predicted octanol–water partition coefficient (Wildman–Crippen LogP) is 2.14. The van der Waals surface area contributed by atoms with Crippen molar-refractivity contribution in [3.05, 3.63) is 48.5 Å². The van der Waals surface area contributed by atoms with Crippen LogP contribution >= 0.6 is 0 Å². The topological polar surface area (TPSA) is 90.4 Å². The van der Waals surface area contributed by atoms with Crippen LogP contribution in [0, 0.1) is 5.92 Å². The van der Waals surface area contributed by atoms with Crippen molar-refractivity contribution in [3.63, 3.8) is 0 Å². The second kappa shape index (κ2) is 10.9. The number of hydrogen-bond acceptors (Lipinski definition) is 6. The molecular weight excluding hydrogens is 454 g/mol. The van der Waals surface area contributed by atoms with Gasteiger partial charge in [0.05, 0.1) is 19.7 Å². The van der Waals surface area contributed by atoms with Gasteiger partial charge in [0.15, 0.2) is 0 Å². The quantitative estimate of drug-likeness (QED) is 0.641. The fourth-order valence-electron chi connectivity index (χ4n) is 4.02. The third-order valence-corrected chi connectivity index (χ3v) is 8.12. The number of amides is 1. The number of rotatable bonds is 7. The van der Waals surface area contributed by atoms with Crippen molar-refractivity contribution in [2.45, 2.75) is 30.9 Å². The Morgan fingerprint density at radius 1 is 1.15 bits per heavy atom. The number of aliphatic hydroxyl groups excluding tert-OH is 1. The number of hydrogen-bond donors (Lipinski definition) is 1. The van der Waals surface area contributed by atoms with E-state index in [1.165, 1.54) is 4.31 Å². The summed E-state index contributed by atoms with van der Waals surface area (Å²) in [4.78, 5) is 16.1. The van der Waals surface area contributed by atoms with Gasteiger partial charge in [-0.15, -0.1) is 0 Å². The van der Waals surface area contributed by atoms with Gasteiger partial charge >= 0.3 is 0 Å². The number of carbonyl (C=O) groups is 1. The summed E-state index contributed by atoms with van der Waals surface area (Å²) in [5.74, 6) is -0.0252. The molecule has 0 unspecified atom stereocenters. The van der Waals surface area contributed by atoms with Crippen LogP contribution in [0.5, 0.6) is 5.75 Å². The van der Waals surface area contributed by atoms with Crippen molar-refractivity contribution in [1.82, 2.24) is 14.1 Å². The standard InChI is InChI=1S/C25H35N3O5S/c1-18-14-28(19(2)17-29)34(31,32)24-12-11-21(20-9-7-6-8-10-20)13-22(24)33-23(18)15-27(5)25(30)16-26(3)4/h6-13,18-19,23,29H,14-17H2,1-5H3/t18-,19+,23+/m0/s1. The number of aliphatic hydroxyl groups is 1. The smallest absolute Gasteiger partial charge is 0.247 e. The van der Waals surface area contributed by atoms with Crippen molar-refractivity contribution < 1.29 is 23.1 Å². The molecule has 0 saturated heterocycles. The van der Waals surface area contributed by atoms with E-state index in [9.17, 15) is 18.3 Å². The zero-order valence-corrected chi connectivity index (χ0v) is 21.3. The second-order valence-corrected chi connectivity index (χ2v) is 11.1. The van der Waals surface area contributed by atoms with Crippen LogP contribution in [0.4, 0.5) is 0 Å². The maximum atomic E-state index is 13.6. The minimum Gasteiger partial charge on any atom is -0.487 e. The Labute approximate surface area is 202 Å².